The van der Waals surface area contributed by atoms with Crippen LogP contribution in [0.25, 0.3) is 0 Å². The molecule has 0 aliphatic rings. The summed E-state index contributed by atoms with van der Waals surface area (Å²) >= 11 is 0. The van der Waals surface area contributed by atoms with Gasteiger partial charge in [-0.25, -0.2) is 0 Å². The second-order valence-corrected chi connectivity index (χ2v) is 3.66. The van der Waals surface area contributed by atoms with E-state index in [0.29, 0.717) is 0 Å². The van der Waals surface area contributed by atoms with E-state index in [1.165, 1.54) is 6.92 Å². The minimum absolute atomic E-state index is 0.210. The van der Waals surface area contributed by atoms with Gasteiger partial charge in [0, 0.05) is 0 Å². The predicted molar refractivity (Wildman–Crippen MR) is 48.8 cm³/mol. The number of hydrogen-bond acceptors (Lipinski definition) is 5. The fraction of sp³-hybridized carbons (Fsp3) is 0.857. The molecule has 82 valence electrons. The molecule has 0 saturated carbocycles. The molecular formula is C7H15N3O4. The summed E-state index contributed by atoms with van der Waals surface area (Å²) in [5.41, 5.74) is 4.50. The summed E-state index contributed by atoms with van der Waals surface area (Å²) in [7, 11) is 0. The van der Waals surface area contributed by atoms with Crippen molar-refractivity contribution < 1.29 is 14.7 Å². The molecule has 0 aromatic carbocycles. The Morgan fingerprint density at radius 1 is 1.71 bits per heavy atom. The number of carbonyl (C=O) groups is 1. The van der Waals surface area contributed by atoms with Crippen LogP contribution >= 0.6 is 0 Å². The second kappa shape index (κ2) is 4.75. The van der Waals surface area contributed by atoms with Crippen LogP contribution in [-0.2, 0) is 9.63 Å². The normalized spacial score (nSPS) is 13.1. The highest BCUT2D eigenvalue weighted by Crippen LogP contribution is 2.02. The van der Waals surface area contributed by atoms with Gasteiger partial charge in [0.2, 0.25) is 5.91 Å². The Balaban J connectivity index is 4.06. The van der Waals surface area contributed by atoms with Crippen molar-refractivity contribution in [3.63, 3.8) is 0 Å². The average Bonchev–Trinajstić information content (AvgIpc) is 2.00. The first-order valence-corrected chi connectivity index (χ1v) is 4.09. The van der Waals surface area contributed by atoms with Crippen LogP contribution in [0.3, 0.4) is 0 Å². The van der Waals surface area contributed by atoms with Gasteiger partial charge in [-0.15, -0.1) is 10.1 Å². The molecule has 1 unspecified atom stereocenters. The third-order valence-corrected chi connectivity index (χ3v) is 1.41. The van der Waals surface area contributed by atoms with E-state index in [-0.39, 0.29) is 12.5 Å². The van der Waals surface area contributed by atoms with Gasteiger partial charge >= 0.3 is 0 Å². The highest BCUT2D eigenvalue weighted by molar-refractivity contribution is 5.81. The predicted octanol–water partition coefficient (Wildman–Crippen LogP) is -0.563. The summed E-state index contributed by atoms with van der Waals surface area (Å²) in [6, 6.07) is -0.648. The van der Waals surface area contributed by atoms with Gasteiger partial charge in [-0.05, 0) is 20.8 Å². The first-order valence-electron chi connectivity index (χ1n) is 4.09. The summed E-state index contributed by atoms with van der Waals surface area (Å²) in [6.07, 6.45) is 0. The van der Waals surface area contributed by atoms with Crippen molar-refractivity contribution in [2.75, 3.05) is 6.61 Å². The summed E-state index contributed by atoms with van der Waals surface area (Å²) in [5, 5.41) is 11.5. The molecule has 0 fully saturated rings. The van der Waals surface area contributed by atoms with E-state index < -0.39 is 16.7 Å². The highest BCUT2D eigenvalue weighted by atomic mass is 16.9. The van der Waals surface area contributed by atoms with Crippen LogP contribution < -0.4 is 11.1 Å². The van der Waals surface area contributed by atoms with Crippen LogP contribution in [0.2, 0.25) is 0 Å². The molecule has 0 aromatic rings. The van der Waals surface area contributed by atoms with E-state index in [9.17, 15) is 14.9 Å². The molecule has 0 aliphatic heterocycles. The molecule has 0 aliphatic carbocycles. The lowest BCUT2D eigenvalue weighted by Crippen LogP contribution is -2.52. The topological polar surface area (TPSA) is 107 Å². The van der Waals surface area contributed by atoms with Gasteiger partial charge in [-0.2, -0.15) is 0 Å². The number of amides is 1. The molecule has 1 amide bonds. The fourth-order valence-electron chi connectivity index (χ4n) is 0.698. The largest absolute Gasteiger partial charge is 0.348 e. The van der Waals surface area contributed by atoms with Gasteiger partial charge in [0.25, 0.3) is 5.09 Å². The Morgan fingerprint density at radius 2 is 2.21 bits per heavy atom. The zero-order valence-electron chi connectivity index (χ0n) is 8.44. The molecule has 0 rings (SSSR count). The molecule has 7 nitrogen and oxygen atoms in total. The van der Waals surface area contributed by atoms with E-state index in [0.717, 1.165) is 0 Å². The number of hydrogen-bond donors (Lipinski definition) is 2. The summed E-state index contributed by atoms with van der Waals surface area (Å²) < 4.78 is 0. The third-order valence-electron chi connectivity index (χ3n) is 1.41. The van der Waals surface area contributed by atoms with Gasteiger partial charge < -0.3 is 15.9 Å². The maximum absolute atomic E-state index is 11.1. The van der Waals surface area contributed by atoms with Crippen molar-refractivity contribution in [2.45, 2.75) is 32.4 Å². The number of nitrogens with zero attached hydrogens (tertiary/aromatic N) is 1. The molecule has 14 heavy (non-hydrogen) atoms. The lowest BCUT2D eigenvalue weighted by atomic mass is 10.1. The SMILES string of the molecule is CC(N)C(=O)NC(C)(C)CO[N+](=O)[O-]. The number of rotatable bonds is 5. The van der Waals surface area contributed by atoms with Crippen molar-refractivity contribution in [3.05, 3.63) is 10.1 Å². The van der Waals surface area contributed by atoms with Crippen LogP contribution in [0, 0.1) is 10.1 Å². The van der Waals surface area contributed by atoms with Crippen molar-refractivity contribution in [1.82, 2.24) is 5.32 Å². The minimum atomic E-state index is -0.903. The number of nitrogens with two attached hydrogens (primary N) is 1. The van der Waals surface area contributed by atoms with Gasteiger partial charge in [0.15, 0.2) is 0 Å². The van der Waals surface area contributed by atoms with Crippen LogP contribution in [-0.4, -0.2) is 29.2 Å². The molecule has 0 heterocycles. The smallest absolute Gasteiger partial charge is 0.294 e. The summed E-state index contributed by atoms with van der Waals surface area (Å²) in [5.74, 6) is -0.373. The van der Waals surface area contributed by atoms with Crippen LogP contribution in [0.1, 0.15) is 20.8 Å². The molecular weight excluding hydrogens is 190 g/mol. The summed E-state index contributed by atoms with van der Waals surface area (Å²) in [4.78, 5) is 25.2. The van der Waals surface area contributed by atoms with Gasteiger partial charge in [0.1, 0.15) is 6.61 Å². The Morgan fingerprint density at radius 3 is 2.57 bits per heavy atom. The van der Waals surface area contributed by atoms with E-state index in [1.807, 2.05) is 0 Å². The molecule has 0 bridgehead atoms. The Bertz CT molecular complexity index is 227. The van der Waals surface area contributed by atoms with E-state index in [1.54, 1.807) is 13.8 Å². The van der Waals surface area contributed by atoms with E-state index in [4.69, 9.17) is 5.73 Å². The summed E-state index contributed by atoms with van der Waals surface area (Å²) in [6.45, 7) is 4.53. The van der Waals surface area contributed by atoms with Crippen molar-refractivity contribution in [2.24, 2.45) is 5.73 Å². The van der Waals surface area contributed by atoms with Gasteiger partial charge in [-0.1, -0.05) is 0 Å². The van der Waals surface area contributed by atoms with Crippen molar-refractivity contribution in [3.8, 4) is 0 Å². The Labute approximate surface area is 81.7 Å². The molecule has 1 atom stereocenters. The Hall–Kier alpha value is -1.37. The monoisotopic (exact) mass is 205 g/mol. The Kier molecular flexibility index (Phi) is 4.29. The third kappa shape index (κ3) is 5.31. The van der Waals surface area contributed by atoms with Crippen molar-refractivity contribution in [1.29, 1.82) is 0 Å². The molecule has 7 heteroatoms. The lowest BCUT2D eigenvalue weighted by molar-refractivity contribution is -0.759. The zero-order chi connectivity index (χ0) is 11.4. The average molecular weight is 205 g/mol. The van der Waals surface area contributed by atoms with E-state index in [2.05, 4.69) is 10.2 Å². The maximum atomic E-state index is 11.1. The van der Waals surface area contributed by atoms with E-state index >= 15 is 0 Å². The molecule has 3 N–H and O–H groups in total. The quantitative estimate of drug-likeness (QED) is 0.462. The molecule has 0 aromatic heterocycles. The van der Waals surface area contributed by atoms with Crippen LogP contribution in [0.5, 0.6) is 0 Å². The van der Waals surface area contributed by atoms with Crippen LogP contribution in [0.4, 0.5) is 0 Å². The highest BCUT2D eigenvalue weighted by Gasteiger charge is 2.23. The van der Waals surface area contributed by atoms with Gasteiger partial charge in [0.05, 0.1) is 11.6 Å². The number of carbonyl (C=O) groups excluding carboxylic acids is 1. The minimum Gasteiger partial charge on any atom is -0.348 e. The van der Waals surface area contributed by atoms with Crippen molar-refractivity contribution >= 4 is 5.91 Å². The molecule has 0 saturated heterocycles. The second-order valence-electron chi connectivity index (χ2n) is 3.66. The molecule has 0 radical (unpaired) electrons. The number of nitrogens with one attached hydrogen (secondary N) is 1. The molecule has 0 spiro atoms. The maximum Gasteiger partial charge on any atom is 0.294 e. The van der Waals surface area contributed by atoms with Crippen LogP contribution in [0.15, 0.2) is 0 Å². The van der Waals surface area contributed by atoms with Gasteiger partial charge in [-0.3, -0.25) is 4.79 Å². The lowest BCUT2D eigenvalue weighted by Gasteiger charge is -2.25. The fourth-order valence-corrected chi connectivity index (χ4v) is 0.698. The zero-order valence-corrected chi connectivity index (χ0v) is 8.44. The first kappa shape index (κ1) is 12.6. The first-order chi connectivity index (χ1) is 6.24. The standard InChI is InChI=1S/C7H15N3O4/c1-5(8)6(11)9-7(2,3)4-14-10(12)13/h5H,4,8H2,1-3H3,(H,9,11).